The zero-order chi connectivity index (χ0) is 39.4. The fraction of sp³-hybridized carbons (Fsp3) is 0.256. The first-order chi connectivity index (χ1) is 26.9. The Morgan fingerprint density at radius 2 is 1.41 bits per heavy atom. The predicted molar refractivity (Wildman–Crippen MR) is 198 cm³/mol. The van der Waals surface area contributed by atoms with Gasteiger partial charge in [-0.25, -0.2) is 18.4 Å². The van der Waals surface area contributed by atoms with E-state index < -0.39 is 65.5 Å². The van der Waals surface area contributed by atoms with Crippen LogP contribution in [-0.2, 0) is 12.0 Å². The van der Waals surface area contributed by atoms with Crippen LogP contribution in [0.5, 0.6) is 5.75 Å². The largest absolute Gasteiger partial charge is 0.488 e. The lowest BCUT2D eigenvalue weighted by atomic mass is 9.76. The van der Waals surface area contributed by atoms with Crippen LogP contribution in [0, 0.1) is 11.6 Å². The number of rotatable bonds is 8. The molecule has 8 rings (SSSR count). The van der Waals surface area contributed by atoms with Crippen LogP contribution in [0.4, 0.5) is 26.7 Å². The van der Waals surface area contributed by atoms with Gasteiger partial charge in [-0.05, 0) is 41.7 Å². The Balaban J connectivity index is 1.32. The minimum Gasteiger partial charge on any atom is -0.488 e. The number of ether oxygens (including phenoxy) is 1. The Kier molecular flexibility index (Phi) is 9.43. The van der Waals surface area contributed by atoms with Gasteiger partial charge in [0.25, 0.3) is 0 Å². The molecule has 56 heavy (non-hydrogen) atoms. The van der Waals surface area contributed by atoms with Crippen LogP contribution in [0.25, 0.3) is 11.1 Å². The number of alkyl halides is 3. The van der Waals surface area contributed by atoms with Crippen molar-refractivity contribution in [2.24, 2.45) is 0 Å². The number of hydrogen-bond acceptors (Lipinski definition) is 5. The summed E-state index contributed by atoms with van der Waals surface area (Å²) in [5.41, 5.74) is 1.27. The Bertz CT molecular complexity index is 2330. The van der Waals surface area contributed by atoms with Gasteiger partial charge >= 0.3 is 18.0 Å². The minimum absolute atomic E-state index is 0.00580. The first-order valence-corrected chi connectivity index (χ1v) is 18.2. The second-order valence-electron chi connectivity index (χ2n) is 14.3. The summed E-state index contributed by atoms with van der Waals surface area (Å²) in [6, 6.07) is 30.7. The number of halogens is 5. The van der Waals surface area contributed by atoms with Gasteiger partial charge in [-0.1, -0.05) is 97.1 Å². The molecule has 3 heterocycles. The summed E-state index contributed by atoms with van der Waals surface area (Å²) in [5.74, 6) is -3.23. The molecule has 0 bridgehead atoms. The van der Waals surface area contributed by atoms with Gasteiger partial charge in [0, 0.05) is 42.3 Å². The number of oxazole rings is 1. The van der Waals surface area contributed by atoms with Crippen molar-refractivity contribution in [2.45, 2.75) is 49.7 Å². The monoisotopic (exact) mass is 769 g/mol. The summed E-state index contributed by atoms with van der Waals surface area (Å²) < 4.78 is 88.7. The van der Waals surface area contributed by atoms with Crippen LogP contribution < -0.4 is 10.5 Å². The van der Waals surface area contributed by atoms with E-state index in [0.29, 0.717) is 17.5 Å². The average molecular weight is 770 g/mol. The van der Waals surface area contributed by atoms with Gasteiger partial charge < -0.3 is 19.2 Å². The van der Waals surface area contributed by atoms with E-state index in [9.17, 15) is 27.9 Å². The standard InChI is InChI=1S/C43H36F5N3O5/c1-26-21-33-32(38(50(26)25-42(46,47)48)37-34(44)22-31(23-35(37)45)55-30-19-20-49(24-30)40(52)53)17-18-36-39(33)56-41(54)51(36)43(27-11-5-2-6-12-27,28-13-7-3-8-14-28)29-15-9-4-10-16-29/h2-18,22-23,26,30,38H,19-21,24-25H2,1H3,(H,52,53)/t26-,30-,38+/m1/s1. The van der Waals surface area contributed by atoms with Gasteiger partial charge in [-0.3, -0.25) is 9.47 Å². The molecule has 6 aromatic rings. The zero-order valence-electron chi connectivity index (χ0n) is 30.0. The van der Waals surface area contributed by atoms with Gasteiger partial charge in [0.1, 0.15) is 29.0 Å². The average Bonchev–Trinajstić information content (AvgIpc) is 3.78. The fourth-order valence-electron chi connectivity index (χ4n) is 8.56. The summed E-state index contributed by atoms with van der Waals surface area (Å²) >= 11 is 0. The van der Waals surface area contributed by atoms with Gasteiger partial charge in [-0.2, -0.15) is 13.2 Å². The maximum Gasteiger partial charge on any atom is 0.421 e. The summed E-state index contributed by atoms with van der Waals surface area (Å²) in [5, 5.41) is 9.29. The third-order valence-electron chi connectivity index (χ3n) is 10.9. The number of carbonyl (C=O) groups is 1. The van der Waals surface area contributed by atoms with Gasteiger partial charge in [0.05, 0.1) is 24.6 Å². The highest BCUT2D eigenvalue weighted by Gasteiger charge is 2.46. The lowest BCUT2D eigenvalue weighted by molar-refractivity contribution is -0.155. The molecule has 0 spiro atoms. The van der Waals surface area contributed by atoms with Crippen LogP contribution in [0.3, 0.4) is 0 Å². The van der Waals surface area contributed by atoms with E-state index in [2.05, 4.69) is 0 Å². The maximum absolute atomic E-state index is 16.3. The lowest BCUT2D eigenvalue weighted by Crippen LogP contribution is -2.47. The lowest BCUT2D eigenvalue weighted by Gasteiger charge is -2.42. The van der Waals surface area contributed by atoms with Crippen molar-refractivity contribution in [3.05, 3.63) is 171 Å². The molecule has 8 nitrogen and oxygen atoms in total. The minimum atomic E-state index is -4.72. The van der Waals surface area contributed by atoms with E-state index in [-0.39, 0.29) is 36.4 Å². The molecule has 1 N–H and O–H groups in total. The quantitative estimate of drug-likeness (QED) is 0.123. The molecule has 0 saturated carbocycles. The van der Waals surface area contributed by atoms with E-state index in [4.69, 9.17) is 9.15 Å². The van der Waals surface area contributed by atoms with Crippen LogP contribution in [-0.4, -0.2) is 63.5 Å². The highest BCUT2D eigenvalue weighted by Crippen LogP contribution is 2.47. The molecule has 13 heteroatoms. The molecule has 3 atom stereocenters. The number of aromatic nitrogens is 1. The summed E-state index contributed by atoms with van der Waals surface area (Å²) in [6.07, 6.45) is -6.26. The molecule has 0 aliphatic carbocycles. The van der Waals surface area contributed by atoms with Gasteiger partial charge in [0.15, 0.2) is 5.58 Å². The Morgan fingerprint density at radius 1 is 0.857 bits per heavy atom. The first kappa shape index (κ1) is 37.0. The molecular formula is C43H36F5N3O5. The van der Waals surface area contributed by atoms with E-state index in [1.807, 2.05) is 91.0 Å². The number of carboxylic acid groups (broad SMARTS) is 1. The SMILES string of the molecule is C[C@@H]1Cc2c(ccc3c2oc(=O)n3C(c2ccccc2)(c2ccccc2)c2ccccc2)[C@@H](c2c(F)cc(O[C@@H]3CCN(C(=O)O)C3)cc2F)N1CC(F)(F)F. The second-order valence-corrected chi connectivity index (χ2v) is 14.3. The number of amides is 1. The maximum atomic E-state index is 16.3. The summed E-state index contributed by atoms with van der Waals surface area (Å²) in [4.78, 5) is 28.0. The third-order valence-corrected chi connectivity index (χ3v) is 10.9. The number of hydrogen-bond donors (Lipinski definition) is 1. The summed E-state index contributed by atoms with van der Waals surface area (Å²) in [7, 11) is 0. The van der Waals surface area contributed by atoms with E-state index >= 15 is 8.78 Å². The third kappa shape index (κ3) is 6.39. The van der Waals surface area contributed by atoms with Crippen molar-refractivity contribution in [1.29, 1.82) is 0 Å². The van der Waals surface area contributed by atoms with Crippen molar-refractivity contribution in [3.8, 4) is 5.75 Å². The van der Waals surface area contributed by atoms with Gasteiger partial charge in [0.2, 0.25) is 0 Å². The molecule has 1 saturated heterocycles. The van der Waals surface area contributed by atoms with E-state index in [0.717, 1.165) is 38.6 Å². The van der Waals surface area contributed by atoms with Crippen molar-refractivity contribution in [3.63, 3.8) is 0 Å². The smallest absolute Gasteiger partial charge is 0.421 e. The second kappa shape index (κ2) is 14.3. The first-order valence-electron chi connectivity index (χ1n) is 18.2. The van der Waals surface area contributed by atoms with E-state index in [1.165, 1.54) is 6.07 Å². The molecule has 0 radical (unpaired) electrons. The van der Waals surface area contributed by atoms with Crippen LogP contribution in [0.2, 0.25) is 0 Å². The van der Waals surface area contributed by atoms with Crippen molar-refractivity contribution in [1.82, 2.24) is 14.4 Å². The number of fused-ring (bicyclic) bond motifs is 3. The molecule has 1 aromatic heterocycles. The topological polar surface area (TPSA) is 88.2 Å². The molecule has 1 fully saturated rings. The molecule has 5 aromatic carbocycles. The predicted octanol–water partition coefficient (Wildman–Crippen LogP) is 8.74. The molecule has 2 aliphatic heterocycles. The molecule has 1 amide bonds. The fourth-order valence-corrected chi connectivity index (χ4v) is 8.56. The van der Waals surface area contributed by atoms with Crippen LogP contribution in [0.15, 0.2) is 124 Å². The highest BCUT2D eigenvalue weighted by atomic mass is 19.4. The van der Waals surface area contributed by atoms with Crippen molar-refractivity contribution < 1.29 is 41.0 Å². The molecule has 288 valence electrons. The number of benzene rings is 5. The Morgan fingerprint density at radius 3 is 1.91 bits per heavy atom. The van der Waals surface area contributed by atoms with Gasteiger partial charge in [-0.15, -0.1) is 0 Å². The Labute approximate surface area is 318 Å². The molecular weight excluding hydrogens is 733 g/mol. The molecule has 2 aliphatic rings. The van der Waals surface area contributed by atoms with Crippen LogP contribution in [0.1, 0.15) is 52.8 Å². The number of nitrogens with zero attached hydrogens (tertiary/aromatic N) is 3. The van der Waals surface area contributed by atoms with Crippen LogP contribution >= 0.6 is 0 Å². The van der Waals surface area contributed by atoms with Crippen molar-refractivity contribution in [2.75, 3.05) is 19.6 Å². The Hall–Kier alpha value is -5.95. The zero-order valence-corrected chi connectivity index (χ0v) is 30.0. The molecule has 0 unspecified atom stereocenters. The highest BCUT2D eigenvalue weighted by molar-refractivity contribution is 5.81. The number of likely N-dealkylation sites (tertiary alicyclic amines) is 1. The normalized spacial score (nSPS) is 19.0. The van der Waals surface area contributed by atoms with Crippen molar-refractivity contribution >= 4 is 17.2 Å². The van der Waals surface area contributed by atoms with E-state index in [1.54, 1.807) is 17.6 Å². The summed E-state index contributed by atoms with van der Waals surface area (Å²) in [6.45, 7) is 0.250.